The third-order valence-corrected chi connectivity index (χ3v) is 6.56. The summed E-state index contributed by atoms with van der Waals surface area (Å²) in [6, 6.07) is 16.2. The number of amides is 1. The molecule has 0 spiro atoms. The van der Waals surface area contributed by atoms with E-state index in [0.717, 1.165) is 17.7 Å². The maximum absolute atomic E-state index is 13.3. The molecule has 0 aliphatic heterocycles. The maximum atomic E-state index is 13.3. The molecule has 0 aliphatic carbocycles. The fourth-order valence-corrected chi connectivity index (χ4v) is 4.68. The molecule has 3 rings (SSSR count). The van der Waals surface area contributed by atoms with Crippen molar-refractivity contribution in [2.24, 2.45) is 0 Å². The molecule has 0 unspecified atom stereocenters. The van der Waals surface area contributed by atoms with E-state index in [9.17, 15) is 26.4 Å². The minimum atomic E-state index is -4.73. The van der Waals surface area contributed by atoms with Crippen molar-refractivity contribution < 1.29 is 26.4 Å². The Balaban J connectivity index is 2.06. The zero-order valence-electron chi connectivity index (χ0n) is 16.7. The monoisotopic (exact) mass is 482 g/mol. The number of alkyl halides is 3. The van der Waals surface area contributed by atoms with Crippen LogP contribution in [0.3, 0.4) is 0 Å². The molecule has 0 saturated heterocycles. The summed E-state index contributed by atoms with van der Waals surface area (Å²) in [5.41, 5.74) is -0.270. The summed E-state index contributed by atoms with van der Waals surface area (Å²) in [6.07, 6.45) is -4.73. The normalized spacial score (nSPS) is 11.8. The van der Waals surface area contributed by atoms with Crippen LogP contribution in [0.15, 0.2) is 77.7 Å². The van der Waals surface area contributed by atoms with Crippen molar-refractivity contribution in [3.63, 3.8) is 0 Å². The van der Waals surface area contributed by atoms with Crippen molar-refractivity contribution >= 4 is 38.9 Å². The van der Waals surface area contributed by atoms with Crippen LogP contribution >= 0.6 is 11.6 Å². The molecule has 1 amide bonds. The number of benzene rings is 3. The van der Waals surface area contributed by atoms with Gasteiger partial charge < -0.3 is 5.32 Å². The van der Waals surface area contributed by atoms with Crippen LogP contribution in [0.5, 0.6) is 0 Å². The third kappa shape index (κ3) is 5.41. The minimum Gasteiger partial charge on any atom is -0.325 e. The Bertz CT molecular complexity index is 1230. The number of carbonyl (C=O) groups excluding carboxylic acids is 1. The smallest absolute Gasteiger partial charge is 0.325 e. The number of hydrogen-bond acceptors (Lipinski definition) is 3. The summed E-state index contributed by atoms with van der Waals surface area (Å²) in [5, 5.41) is 2.31. The van der Waals surface area contributed by atoms with Gasteiger partial charge in [0.25, 0.3) is 10.0 Å². The second-order valence-electron chi connectivity index (χ2n) is 6.91. The SMILES string of the molecule is Cc1cccc(NC(=O)CN(c2cc(C(F)(F)F)ccc2Cl)S(=O)(=O)c2ccccc2)c1. The second-order valence-corrected chi connectivity index (χ2v) is 9.18. The zero-order chi connectivity index (χ0) is 23.5. The first kappa shape index (κ1) is 23.6. The highest BCUT2D eigenvalue weighted by atomic mass is 35.5. The lowest BCUT2D eigenvalue weighted by Gasteiger charge is -2.26. The molecule has 0 bridgehead atoms. The van der Waals surface area contributed by atoms with E-state index in [2.05, 4.69) is 5.32 Å². The van der Waals surface area contributed by atoms with Gasteiger partial charge in [-0.05, 0) is 55.0 Å². The van der Waals surface area contributed by atoms with Crippen molar-refractivity contribution in [1.82, 2.24) is 0 Å². The predicted octanol–water partition coefficient (Wildman–Crippen LogP) is 5.50. The molecule has 0 aliphatic rings. The average molecular weight is 483 g/mol. The first-order valence-electron chi connectivity index (χ1n) is 9.29. The summed E-state index contributed by atoms with van der Waals surface area (Å²) in [5.74, 6) is -0.747. The number of anilines is 2. The third-order valence-electron chi connectivity index (χ3n) is 4.46. The lowest BCUT2D eigenvalue weighted by molar-refractivity contribution is -0.137. The van der Waals surface area contributed by atoms with Crippen molar-refractivity contribution in [1.29, 1.82) is 0 Å². The molecule has 3 aromatic rings. The first-order chi connectivity index (χ1) is 15.0. The Morgan fingerprint density at radius 1 is 1.00 bits per heavy atom. The number of rotatable bonds is 6. The van der Waals surface area contributed by atoms with Crippen LogP contribution in [0.4, 0.5) is 24.5 Å². The number of nitrogens with one attached hydrogen (secondary N) is 1. The first-order valence-corrected chi connectivity index (χ1v) is 11.1. The highest BCUT2D eigenvalue weighted by Gasteiger charge is 2.34. The Morgan fingerprint density at radius 2 is 1.69 bits per heavy atom. The number of hydrogen-bond donors (Lipinski definition) is 1. The van der Waals surface area contributed by atoms with Crippen LogP contribution in [0.25, 0.3) is 0 Å². The number of nitrogens with zero attached hydrogens (tertiary/aromatic N) is 1. The van der Waals surface area contributed by atoms with E-state index in [1.165, 1.54) is 24.3 Å². The van der Waals surface area contributed by atoms with E-state index >= 15 is 0 Å². The summed E-state index contributed by atoms with van der Waals surface area (Å²) in [6.45, 7) is 1.02. The van der Waals surface area contributed by atoms with E-state index in [1.54, 1.807) is 24.3 Å². The quantitative estimate of drug-likeness (QED) is 0.504. The average Bonchev–Trinajstić information content (AvgIpc) is 2.72. The highest BCUT2D eigenvalue weighted by Crippen LogP contribution is 2.37. The lowest BCUT2D eigenvalue weighted by Crippen LogP contribution is -2.38. The van der Waals surface area contributed by atoms with Gasteiger partial charge in [-0.1, -0.05) is 41.9 Å². The van der Waals surface area contributed by atoms with Crippen LogP contribution < -0.4 is 9.62 Å². The fraction of sp³-hybridized carbons (Fsp3) is 0.136. The predicted molar refractivity (Wildman–Crippen MR) is 117 cm³/mol. The molecular weight excluding hydrogens is 465 g/mol. The van der Waals surface area contributed by atoms with Gasteiger partial charge in [-0.25, -0.2) is 8.42 Å². The molecule has 0 atom stereocenters. The molecule has 0 fully saturated rings. The molecule has 0 radical (unpaired) electrons. The van der Waals surface area contributed by atoms with E-state index in [4.69, 9.17) is 11.6 Å². The lowest BCUT2D eigenvalue weighted by atomic mass is 10.2. The standard InChI is InChI=1S/C22H18ClF3N2O3S/c1-15-6-5-7-17(12-15)27-21(29)14-28(32(30,31)18-8-3-2-4-9-18)20-13-16(22(24,25)26)10-11-19(20)23/h2-13H,14H2,1H3,(H,27,29). The van der Waals surface area contributed by atoms with Crippen molar-refractivity contribution in [3.8, 4) is 0 Å². The van der Waals surface area contributed by atoms with Gasteiger partial charge in [0.1, 0.15) is 6.54 Å². The van der Waals surface area contributed by atoms with Crippen molar-refractivity contribution in [2.75, 3.05) is 16.2 Å². The molecule has 0 saturated carbocycles. The fourth-order valence-electron chi connectivity index (χ4n) is 2.95. The van der Waals surface area contributed by atoms with Crippen LogP contribution in [-0.4, -0.2) is 20.9 Å². The largest absolute Gasteiger partial charge is 0.416 e. The Hall–Kier alpha value is -3.04. The topological polar surface area (TPSA) is 66.5 Å². The summed E-state index contributed by atoms with van der Waals surface area (Å²) < 4.78 is 67.0. The van der Waals surface area contributed by atoms with Gasteiger partial charge in [-0.15, -0.1) is 0 Å². The molecule has 0 heterocycles. The van der Waals surface area contributed by atoms with Crippen LogP contribution in [0, 0.1) is 6.92 Å². The minimum absolute atomic E-state index is 0.197. The van der Waals surface area contributed by atoms with E-state index < -0.39 is 39.9 Å². The Kier molecular flexibility index (Phi) is 6.80. The summed E-state index contributed by atoms with van der Waals surface area (Å²) in [4.78, 5) is 12.5. The number of sulfonamides is 1. The molecule has 10 heteroatoms. The van der Waals surface area contributed by atoms with E-state index in [-0.39, 0.29) is 9.92 Å². The van der Waals surface area contributed by atoms with Gasteiger partial charge in [0.2, 0.25) is 5.91 Å². The maximum Gasteiger partial charge on any atom is 0.416 e. The Labute approximate surface area is 188 Å². The van der Waals surface area contributed by atoms with E-state index in [0.29, 0.717) is 16.1 Å². The summed E-state index contributed by atoms with van der Waals surface area (Å²) >= 11 is 6.09. The Morgan fingerprint density at radius 3 is 2.31 bits per heavy atom. The van der Waals surface area contributed by atoms with Crippen molar-refractivity contribution in [2.45, 2.75) is 18.0 Å². The van der Waals surface area contributed by atoms with Gasteiger partial charge in [-0.2, -0.15) is 13.2 Å². The molecular formula is C22H18ClF3N2O3S. The zero-order valence-corrected chi connectivity index (χ0v) is 18.3. The van der Waals surface area contributed by atoms with Gasteiger partial charge in [-0.3, -0.25) is 9.10 Å². The molecule has 5 nitrogen and oxygen atoms in total. The number of aryl methyl sites for hydroxylation is 1. The van der Waals surface area contributed by atoms with E-state index in [1.807, 2.05) is 13.0 Å². The molecule has 168 valence electrons. The van der Waals surface area contributed by atoms with Crippen LogP contribution in [-0.2, 0) is 21.0 Å². The van der Waals surface area contributed by atoms with Crippen LogP contribution in [0.1, 0.15) is 11.1 Å². The van der Waals surface area contributed by atoms with Crippen molar-refractivity contribution in [3.05, 3.63) is 88.9 Å². The summed E-state index contributed by atoms with van der Waals surface area (Å²) in [7, 11) is -4.41. The second kappa shape index (κ2) is 9.22. The number of halogens is 4. The van der Waals surface area contributed by atoms with Gasteiger partial charge in [0.15, 0.2) is 0 Å². The molecule has 0 aromatic heterocycles. The van der Waals surface area contributed by atoms with Crippen LogP contribution in [0.2, 0.25) is 5.02 Å². The number of carbonyl (C=O) groups is 1. The van der Waals surface area contributed by atoms with Gasteiger partial charge >= 0.3 is 6.18 Å². The molecule has 1 N–H and O–H groups in total. The van der Waals surface area contributed by atoms with Gasteiger partial charge in [0, 0.05) is 5.69 Å². The molecule has 32 heavy (non-hydrogen) atoms. The highest BCUT2D eigenvalue weighted by molar-refractivity contribution is 7.92. The molecule has 3 aromatic carbocycles. The van der Waals surface area contributed by atoms with Gasteiger partial charge in [0.05, 0.1) is 21.2 Å².